The van der Waals surface area contributed by atoms with Gasteiger partial charge in [0.1, 0.15) is 17.4 Å². The monoisotopic (exact) mass is 220 g/mol. The fourth-order valence-corrected chi connectivity index (χ4v) is 1.76. The van der Waals surface area contributed by atoms with E-state index in [2.05, 4.69) is 4.98 Å². The Labute approximate surface area is 92.5 Å². The Bertz CT molecular complexity index is 414. The zero-order valence-corrected chi connectivity index (χ0v) is 9.04. The van der Waals surface area contributed by atoms with Gasteiger partial charge in [-0.2, -0.15) is 0 Å². The van der Waals surface area contributed by atoms with Crippen LogP contribution >= 0.6 is 11.3 Å². The molecule has 0 fully saturated rings. The molecule has 0 saturated heterocycles. The molecule has 2 aromatic rings. The molecule has 0 radical (unpaired) electrons. The molecular formula is C11H12N2OS. The van der Waals surface area contributed by atoms with Crippen molar-refractivity contribution in [2.24, 2.45) is 5.73 Å². The van der Waals surface area contributed by atoms with Crippen LogP contribution in [0.1, 0.15) is 10.6 Å². The highest BCUT2D eigenvalue weighted by atomic mass is 32.1. The fraction of sp³-hybridized carbons (Fsp3) is 0.182. The second kappa shape index (κ2) is 4.91. The van der Waals surface area contributed by atoms with Gasteiger partial charge in [0, 0.05) is 18.1 Å². The minimum absolute atomic E-state index is 0.520. The third-order valence-electron chi connectivity index (χ3n) is 1.98. The zero-order valence-electron chi connectivity index (χ0n) is 8.22. The molecule has 0 saturated carbocycles. The lowest BCUT2D eigenvalue weighted by Gasteiger charge is -2.05. The molecule has 0 unspecified atom stereocenters. The quantitative estimate of drug-likeness (QED) is 0.859. The summed E-state index contributed by atoms with van der Waals surface area (Å²) in [6.07, 6.45) is 1.78. The Kier molecular flexibility index (Phi) is 3.32. The van der Waals surface area contributed by atoms with Gasteiger partial charge in [0.2, 0.25) is 0 Å². The van der Waals surface area contributed by atoms with Gasteiger partial charge in [-0.3, -0.25) is 0 Å². The Morgan fingerprint density at radius 2 is 2.33 bits per heavy atom. The number of hydrogen-bond donors (Lipinski definition) is 1. The van der Waals surface area contributed by atoms with Crippen molar-refractivity contribution in [1.29, 1.82) is 0 Å². The molecule has 0 aliphatic heterocycles. The number of aromatic nitrogens is 1. The summed E-state index contributed by atoms with van der Waals surface area (Å²) in [5, 5.41) is 2.92. The first-order valence-electron chi connectivity index (χ1n) is 4.68. The second-order valence-electron chi connectivity index (χ2n) is 3.07. The van der Waals surface area contributed by atoms with E-state index in [1.807, 2.05) is 29.6 Å². The highest BCUT2D eigenvalue weighted by Gasteiger charge is 1.98. The Morgan fingerprint density at radius 3 is 3.07 bits per heavy atom. The van der Waals surface area contributed by atoms with E-state index in [0.717, 1.165) is 16.3 Å². The number of nitrogens with zero attached hydrogens (tertiary/aromatic N) is 1. The van der Waals surface area contributed by atoms with E-state index < -0.39 is 0 Å². The van der Waals surface area contributed by atoms with Gasteiger partial charge in [0.15, 0.2) is 0 Å². The van der Waals surface area contributed by atoms with Crippen molar-refractivity contribution in [2.45, 2.75) is 13.2 Å². The highest BCUT2D eigenvalue weighted by molar-refractivity contribution is 7.09. The van der Waals surface area contributed by atoms with Crippen molar-refractivity contribution in [1.82, 2.24) is 4.98 Å². The molecule has 0 bridgehead atoms. The Balaban J connectivity index is 1.98. The molecule has 0 atom stereocenters. The summed E-state index contributed by atoms with van der Waals surface area (Å²) in [6, 6.07) is 7.80. The topological polar surface area (TPSA) is 48.1 Å². The van der Waals surface area contributed by atoms with Crippen LogP contribution in [0.5, 0.6) is 5.75 Å². The standard InChI is InChI=1S/C11H12N2OS/c12-7-9-2-1-3-10(6-9)14-8-11-13-4-5-15-11/h1-6H,7-8,12H2. The summed E-state index contributed by atoms with van der Waals surface area (Å²) < 4.78 is 5.59. The van der Waals surface area contributed by atoms with Gasteiger partial charge in [-0.05, 0) is 17.7 Å². The minimum atomic E-state index is 0.520. The van der Waals surface area contributed by atoms with Gasteiger partial charge in [-0.1, -0.05) is 12.1 Å². The molecule has 3 nitrogen and oxygen atoms in total. The first-order valence-corrected chi connectivity index (χ1v) is 5.56. The van der Waals surface area contributed by atoms with Gasteiger partial charge in [0.05, 0.1) is 0 Å². The predicted molar refractivity (Wildman–Crippen MR) is 60.8 cm³/mol. The molecule has 0 spiro atoms. The maximum atomic E-state index is 5.59. The van der Waals surface area contributed by atoms with Crippen LogP contribution in [-0.4, -0.2) is 4.98 Å². The van der Waals surface area contributed by atoms with E-state index >= 15 is 0 Å². The minimum Gasteiger partial charge on any atom is -0.486 e. The van der Waals surface area contributed by atoms with E-state index in [-0.39, 0.29) is 0 Å². The summed E-state index contributed by atoms with van der Waals surface area (Å²) in [7, 11) is 0. The van der Waals surface area contributed by atoms with Crippen LogP contribution in [0.25, 0.3) is 0 Å². The largest absolute Gasteiger partial charge is 0.486 e. The number of rotatable bonds is 4. The molecule has 1 aromatic heterocycles. The SMILES string of the molecule is NCc1cccc(OCc2nccs2)c1. The number of ether oxygens (including phenoxy) is 1. The van der Waals surface area contributed by atoms with Gasteiger partial charge in [0.25, 0.3) is 0 Å². The van der Waals surface area contributed by atoms with E-state index in [4.69, 9.17) is 10.5 Å². The third kappa shape index (κ3) is 2.78. The lowest BCUT2D eigenvalue weighted by molar-refractivity contribution is 0.305. The number of hydrogen-bond acceptors (Lipinski definition) is 4. The lowest BCUT2D eigenvalue weighted by atomic mass is 10.2. The molecule has 15 heavy (non-hydrogen) atoms. The first kappa shape index (κ1) is 10.1. The molecule has 1 aromatic carbocycles. The van der Waals surface area contributed by atoms with Gasteiger partial charge < -0.3 is 10.5 Å². The van der Waals surface area contributed by atoms with Crippen molar-refractivity contribution < 1.29 is 4.74 Å². The summed E-state index contributed by atoms with van der Waals surface area (Å²) >= 11 is 1.59. The molecule has 78 valence electrons. The smallest absolute Gasteiger partial charge is 0.140 e. The van der Waals surface area contributed by atoms with Crippen LogP contribution in [0.15, 0.2) is 35.8 Å². The van der Waals surface area contributed by atoms with Crippen molar-refractivity contribution in [2.75, 3.05) is 0 Å². The van der Waals surface area contributed by atoms with Gasteiger partial charge >= 0.3 is 0 Å². The molecule has 0 aliphatic rings. The Hall–Kier alpha value is -1.39. The third-order valence-corrected chi connectivity index (χ3v) is 2.73. The van der Waals surface area contributed by atoms with Crippen LogP contribution < -0.4 is 10.5 Å². The van der Waals surface area contributed by atoms with Gasteiger partial charge in [-0.25, -0.2) is 4.98 Å². The Morgan fingerprint density at radius 1 is 1.40 bits per heavy atom. The van der Waals surface area contributed by atoms with E-state index in [9.17, 15) is 0 Å². The summed E-state index contributed by atoms with van der Waals surface area (Å²) in [5.41, 5.74) is 6.62. The highest BCUT2D eigenvalue weighted by Crippen LogP contribution is 2.15. The lowest BCUT2D eigenvalue weighted by Crippen LogP contribution is -1.98. The molecule has 1 heterocycles. The van der Waals surface area contributed by atoms with Crippen molar-refractivity contribution in [3.05, 3.63) is 46.4 Å². The second-order valence-corrected chi connectivity index (χ2v) is 4.05. The van der Waals surface area contributed by atoms with E-state index in [1.165, 1.54) is 0 Å². The van der Waals surface area contributed by atoms with Crippen LogP contribution in [0.2, 0.25) is 0 Å². The molecule has 2 N–H and O–H groups in total. The van der Waals surface area contributed by atoms with Crippen LogP contribution in [-0.2, 0) is 13.2 Å². The predicted octanol–water partition coefficient (Wildman–Crippen LogP) is 2.18. The average molecular weight is 220 g/mol. The molecule has 0 aliphatic carbocycles. The van der Waals surface area contributed by atoms with Crippen LogP contribution in [0, 0.1) is 0 Å². The average Bonchev–Trinajstić information content (AvgIpc) is 2.79. The van der Waals surface area contributed by atoms with Crippen molar-refractivity contribution >= 4 is 11.3 Å². The zero-order chi connectivity index (χ0) is 10.5. The maximum absolute atomic E-state index is 5.59. The summed E-state index contributed by atoms with van der Waals surface area (Å²) in [6.45, 7) is 1.06. The maximum Gasteiger partial charge on any atom is 0.140 e. The molecular weight excluding hydrogens is 208 g/mol. The first-order chi connectivity index (χ1) is 7.38. The van der Waals surface area contributed by atoms with Crippen LogP contribution in [0.3, 0.4) is 0 Å². The number of nitrogens with two attached hydrogens (primary N) is 1. The van der Waals surface area contributed by atoms with E-state index in [1.54, 1.807) is 17.5 Å². The van der Waals surface area contributed by atoms with Crippen molar-refractivity contribution in [3.63, 3.8) is 0 Å². The van der Waals surface area contributed by atoms with Gasteiger partial charge in [-0.15, -0.1) is 11.3 Å². The summed E-state index contributed by atoms with van der Waals surface area (Å²) in [5.74, 6) is 0.841. The summed E-state index contributed by atoms with van der Waals surface area (Å²) in [4.78, 5) is 4.14. The normalized spacial score (nSPS) is 10.2. The molecule has 0 amide bonds. The number of benzene rings is 1. The van der Waals surface area contributed by atoms with Crippen molar-refractivity contribution in [3.8, 4) is 5.75 Å². The molecule has 4 heteroatoms. The molecule has 2 rings (SSSR count). The fourth-order valence-electron chi connectivity index (χ4n) is 1.23. The number of thiazole rings is 1. The van der Waals surface area contributed by atoms with E-state index in [0.29, 0.717) is 13.2 Å². The van der Waals surface area contributed by atoms with Crippen LogP contribution in [0.4, 0.5) is 0 Å².